The number of hydrogen-bond acceptors (Lipinski definition) is 5. The maximum absolute atomic E-state index is 13.7. The summed E-state index contributed by atoms with van der Waals surface area (Å²) in [5, 5.41) is 5.22. The minimum Gasteiger partial charge on any atom is -0.337 e. The minimum absolute atomic E-state index is 0.0782. The molecule has 8 heteroatoms. The Bertz CT molecular complexity index is 1370. The molecule has 7 nitrogen and oxygen atoms in total. The minimum atomic E-state index is -0.322. The van der Waals surface area contributed by atoms with E-state index in [-0.39, 0.29) is 24.3 Å². The number of fused-ring (bicyclic) bond motifs is 1. The quantitative estimate of drug-likeness (QED) is 0.376. The predicted molar refractivity (Wildman–Crippen MR) is 141 cm³/mol. The van der Waals surface area contributed by atoms with Crippen molar-refractivity contribution in [1.82, 2.24) is 24.6 Å². The second-order valence-electron chi connectivity index (χ2n) is 9.49. The number of carbonyl (C=O) groups is 1. The van der Waals surface area contributed by atoms with Crippen LogP contribution >= 0.6 is 0 Å². The van der Waals surface area contributed by atoms with Gasteiger partial charge < -0.3 is 15.5 Å². The molecule has 4 rings (SSSR count). The van der Waals surface area contributed by atoms with E-state index in [1.165, 1.54) is 12.1 Å². The molecule has 0 saturated heterocycles. The molecule has 0 aliphatic rings. The Kier molecular flexibility index (Phi) is 7.76. The maximum atomic E-state index is 13.7. The lowest BCUT2D eigenvalue weighted by molar-refractivity contribution is 0.0787. The zero-order valence-corrected chi connectivity index (χ0v) is 21.3. The Labute approximate surface area is 211 Å². The van der Waals surface area contributed by atoms with Crippen LogP contribution in [0.1, 0.15) is 41.4 Å². The zero-order valence-electron chi connectivity index (χ0n) is 21.3. The molecule has 0 unspecified atom stereocenters. The standard InChI is InChI=1S/C28H33FN6O/c1-19(2)35-27-25(16-31-35)24(28(36)34(4)18-21-8-6-10-23(29)14-21)15-26(32-27)22-9-5-7-20(13-22)17-33(3)12-11-30/h5-10,13-16,19H,11-12,17-18,30H2,1-4H3. The van der Waals surface area contributed by atoms with Crippen LogP contribution in [-0.2, 0) is 13.1 Å². The fourth-order valence-electron chi connectivity index (χ4n) is 4.35. The summed E-state index contributed by atoms with van der Waals surface area (Å²) in [6.45, 7) is 6.52. The molecule has 188 valence electrons. The molecular formula is C28H33FN6O. The fraction of sp³-hybridized carbons (Fsp3) is 0.321. The molecule has 2 aromatic carbocycles. The van der Waals surface area contributed by atoms with Crippen molar-refractivity contribution < 1.29 is 9.18 Å². The number of likely N-dealkylation sites (N-methyl/N-ethyl adjacent to an activating group) is 1. The van der Waals surface area contributed by atoms with Crippen molar-refractivity contribution in [2.24, 2.45) is 5.73 Å². The molecule has 0 aliphatic heterocycles. The number of hydrogen-bond donors (Lipinski definition) is 1. The van der Waals surface area contributed by atoms with Crippen molar-refractivity contribution in [1.29, 1.82) is 0 Å². The molecule has 0 aliphatic carbocycles. The molecule has 2 heterocycles. The van der Waals surface area contributed by atoms with Gasteiger partial charge in [0.1, 0.15) is 5.82 Å². The molecule has 1 amide bonds. The van der Waals surface area contributed by atoms with Gasteiger partial charge in [-0.1, -0.05) is 30.3 Å². The van der Waals surface area contributed by atoms with Crippen LogP contribution in [0.5, 0.6) is 0 Å². The lowest BCUT2D eigenvalue weighted by Crippen LogP contribution is -2.26. The molecule has 0 bridgehead atoms. The molecule has 0 atom stereocenters. The SMILES string of the molecule is CC(C)n1ncc2c(C(=O)N(C)Cc3cccc(F)c3)cc(-c3cccc(CN(C)CCN)c3)nc21. The summed E-state index contributed by atoms with van der Waals surface area (Å²) >= 11 is 0. The first-order chi connectivity index (χ1) is 17.3. The third-order valence-electron chi connectivity index (χ3n) is 6.13. The van der Waals surface area contributed by atoms with E-state index in [2.05, 4.69) is 22.1 Å². The summed E-state index contributed by atoms with van der Waals surface area (Å²) in [6, 6.07) is 16.4. The molecule has 0 radical (unpaired) electrons. The monoisotopic (exact) mass is 488 g/mol. The first kappa shape index (κ1) is 25.5. The van der Waals surface area contributed by atoms with Crippen molar-refractivity contribution in [3.63, 3.8) is 0 Å². The van der Waals surface area contributed by atoms with Crippen LogP contribution in [0.2, 0.25) is 0 Å². The number of benzene rings is 2. The number of pyridine rings is 1. The zero-order chi connectivity index (χ0) is 25.8. The number of aromatic nitrogens is 3. The van der Waals surface area contributed by atoms with Gasteiger partial charge in [-0.3, -0.25) is 4.79 Å². The number of nitrogens with zero attached hydrogens (tertiary/aromatic N) is 5. The van der Waals surface area contributed by atoms with Crippen molar-refractivity contribution >= 4 is 16.9 Å². The molecule has 2 N–H and O–H groups in total. The Morgan fingerprint density at radius 1 is 1.06 bits per heavy atom. The van der Waals surface area contributed by atoms with Gasteiger partial charge in [0.15, 0.2) is 5.65 Å². The summed E-state index contributed by atoms with van der Waals surface area (Å²) in [5.74, 6) is -0.493. The van der Waals surface area contributed by atoms with Gasteiger partial charge in [-0.25, -0.2) is 14.1 Å². The second-order valence-corrected chi connectivity index (χ2v) is 9.49. The Hall–Kier alpha value is -3.62. The van der Waals surface area contributed by atoms with Crippen LogP contribution in [0, 0.1) is 5.82 Å². The van der Waals surface area contributed by atoms with E-state index in [1.54, 1.807) is 24.2 Å². The Morgan fingerprint density at radius 3 is 2.47 bits per heavy atom. The van der Waals surface area contributed by atoms with Crippen LogP contribution in [0.15, 0.2) is 60.8 Å². The average Bonchev–Trinajstić information content (AvgIpc) is 3.28. The number of rotatable bonds is 9. The predicted octanol–water partition coefficient (Wildman–Crippen LogP) is 4.48. The first-order valence-electron chi connectivity index (χ1n) is 12.1. The summed E-state index contributed by atoms with van der Waals surface area (Å²) in [6.07, 6.45) is 1.70. The van der Waals surface area contributed by atoms with Crippen molar-refractivity contribution in [3.8, 4) is 11.3 Å². The topological polar surface area (TPSA) is 80.3 Å². The van der Waals surface area contributed by atoms with E-state index >= 15 is 0 Å². The molecule has 2 aromatic heterocycles. The summed E-state index contributed by atoms with van der Waals surface area (Å²) in [4.78, 5) is 22.3. The van der Waals surface area contributed by atoms with Gasteiger partial charge in [0.2, 0.25) is 0 Å². The largest absolute Gasteiger partial charge is 0.337 e. The van der Waals surface area contributed by atoms with Gasteiger partial charge in [0.25, 0.3) is 5.91 Å². The highest BCUT2D eigenvalue weighted by atomic mass is 19.1. The number of nitrogens with two attached hydrogens (primary N) is 1. The lowest BCUT2D eigenvalue weighted by Gasteiger charge is -2.19. The van der Waals surface area contributed by atoms with E-state index in [0.29, 0.717) is 28.8 Å². The van der Waals surface area contributed by atoms with E-state index < -0.39 is 0 Å². The Balaban J connectivity index is 1.75. The highest BCUT2D eigenvalue weighted by molar-refractivity contribution is 6.06. The second kappa shape index (κ2) is 11.0. The van der Waals surface area contributed by atoms with Gasteiger partial charge in [-0.15, -0.1) is 0 Å². The van der Waals surface area contributed by atoms with Gasteiger partial charge in [-0.2, -0.15) is 5.10 Å². The van der Waals surface area contributed by atoms with Crippen molar-refractivity contribution in [2.45, 2.75) is 33.0 Å². The van der Waals surface area contributed by atoms with Crippen molar-refractivity contribution in [2.75, 3.05) is 27.2 Å². The average molecular weight is 489 g/mol. The van der Waals surface area contributed by atoms with Gasteiger partial charge >= 0.3 is 0 Å². The molecule has 0 fully saturated rings. The van der Waals surface area contributed by atoms with Gasteiger partial charge in [0, 0.05) is 44.8 Å². The van der Waals surface area contributed by atoms with Gasteiger partial charge in [-0.05, 0) is 56.3 Å². The third kappa shape index (κ3) is 5.61. The molecule has 0 saturated carbocycles. The molecular weight excluding hydrogens is 455 g/mol. The van der Waals surface area contributed by atoms with Gasteiger partial charge in [0.05, 0.1) is 22.8 Å². The maximum Gasteiger partial charge on any atom is 0.254 e. The highest BCUT2D eigenvalue weighted by Gasteiger charge is 2.21. The van der Waals surface area contributed by atoms with E-state index in [0.717, 1.165) is 29.8 Å². The Morgan fingerprint density at radius 2 is 1.78 bits per heavy atom. The molecule has 0 spiro atoms. The van der Waals surface area contributed by atoms with Crippen LogP contribution in [0.25, 0.3) is 22.3 Å². The normalized spacial score (nSPS) is 11.6. The third-order valence-corrected chi connectivity index (χ3v) is 6.13. The van der Waals surface area contributed by atoms with E-state index in [4.69, 9.17) is 10.7 Å². The highest BCUT2D eigenvalue weighted by Crippen LogP contribution is 2.28. The summed E-state index contributed by atoms with van der Waals surface area (Å²) in [7, 11) is 3.76. The van der Waals surface area contributed by atoms with Crippen LogP contribution in [-0.4, -0.2) is 57.7 Å². The van der Waals surface area contributed by atoms with Crippen LogP contribution in [0.4, 0.5) is 4.39 Å². The fourth-order valence-corrected chi connectivity index (χ4v) is 4.35. The van der Waals surface area contributed by atoms with Crippen LogP contribution in [0.3, 0.4) is 0 Å². The van der Waals surface area contributed by atoms with Crippen molar-refractivity contribution in [3.05, 3.63) is 83.3 Å². The summed E-state index contributed by atoms with van der Waals surface area (Å²) in [5.41, 5.74) is 10.4. The number of carbonyl (C=O) groups excluding carboxylic acids is 1. The first-order valence-corrected chi connectivity index (χ1v) is 12.1. The van der Waals surface area contributed by atoms with E-state index in [9.17, 15) is 9.18 Å². The van der Waals surface area contributed by atoms with E-state index in [1.807, 2.05) is 49.8 Å². The number of amides is 1. The molecule has 4 aromatic rings. The lowest BCUT2D eigenvalue weighted by atomic mass is 10.0. The van der Waals surface area contributed by atoms with Crippen LogP contribution < -0.4 is 5.73 Å². The number of halogens is 1. The smallest absolute Gasteiger partial charge is 0.254 e. The molecule has 36 heavy (non-hydrogen) atoms. The summed E-state index contributed by atoms with van der Waals surface area (Å²) < 4.78 is 15.5.